The fourth-order valence-electron chi connectivity index (χ4n) is 0.877. The third-order valence-electron chi connectivity index (χ3n) is 1.61. The molecule has 5 N–H and O–H groups in total. The van der Waals surface area contributed by atoms with Crippen molar-refractivity contribution in [2.45, 2.75) is 38.5 Å². The minimum Gasteiger partial charge on any atom is -0.480 e. The molecule has 0 aromatic carbocycles. The summed E-state index contributed by atoms with van der Waals surface area (Å²) in [5.41, 5.74) is 5.13. The van der Waals surface area contributed by atoms with Crippen LogP contribution in [0.15, 0.2) is 0 Å². The summed E-state index contributed by atoms with van der Waals surface area (Å²) in [7, 11) is 0. The Hall–Kier alpha value is -1.14. The van der Waals surface area contributed by atoms with Gasteiger partial charge in [-0.25, -0.2) is 0 Å². The van der Waals surface area contributed by atoms with E-state index >= 15 is 0 Å². The minimum atomic E-state index is -1.23. The molecule has 0 aromatic rings. The maximum Gasteiger partial charge on any atom is 0.321 e. The number of aliphatic hydroxyl groups is 1. The Morgan fingerprint density at radius 3 is 2.50 bits per heavy atom. The van der Waals surface area contributed by atoms with Gasteiger partial charge in [-0.2, -0.15) is 0 Å². The van der Waals surface area contributed by atoms with Crippen LogP contribution >= 0.6 is 0 Å². The first-order valence-corrected chi connectivity index (χ1v) is 4.43. The van der Waals surface area contributed by atoms with Crippen molar-refractivity contribution in [3.63, 3.8) is 0 Å². The lowest BCUT2D eigenvalue weighted by molar-refractivity contribution is -0.141. The van der Waals surface area contributed by atoms with Gasteiger partial charge in [0.2, 0.25) is 5.91 Å². The number of rotatable bonds is 6. The lowest BCUT2D eigenvalue weighted by Crippen LogP contribution is -2.40. The van der Waals surface area contributed by atoms with Crippen LogP contribution in [0.1, 0.15) is 26.2 Å². The van der Waals surface area contributed by atoms with Crippen LogP contribution in [0.4, 0.5) is 0 Å². The molecule has 0 saturated carbocycles. The van der Waals surface area contributed by atoms with Gasteiger partial charge in [-0.15, -0.1) is 0 Å². The molecule has 0 aliphatic carbocycles. The average molecular weight is 204 g/mol. The third-order valence-corrected chi connectivity index (χ3v) is 1.61. The van der Waals surface area contributed by atoms with Crippen LogP contribution in [0.3, 0.4) is 0 Å². The van der Waals surface area contributed by atoms with Crippen LogP contribution in [-0.2, 0) is 9.59 Å². The molecule has 82 valence electrons. The highest BCUT2D eigenvalue weighted by Crippen LogP contribution is 1.94. The number of amides is 1. The van der Waals surface area contributed by atoms with E-state index in [1.165, 1.54) is 0 Å². The summed E-state index contributed by atoms with van der Waals surface area (Å²) in [5.74, 6) is -1.79. The first kappa shape index (κ1) is 12.9. The number of carboxylic acids is 1. The van der Waals surface area contributed by atoms with Crippen LogP contribution < -0.4 is 11.1 Å². The maximum atomic E-state index is 11.0. The van der Waals surface area contributed by atoms with Crippen LogP contribution in [-0.4, -0.2) is 34.4 Å². The molecule has 0 fully saturated rings. The predicted molar refractivity (Wildman–Crippen MR) is 49.3 cm³/mol. The lowest BCUT2D eigenvalue weighted by Gasteiger charge is -2.12. The van der Waals surface area contributed by atoms with E-state index in [1.54, 1.807) is 0 Å². The molecule has 0 aliphatic rings. The van der Waals surface area contributed by atoms with Gasteiger partial charge >= 0.3 is 5.97 Å². The number of carboxylic acid groups (broad SMARTS) is 1. The molecule has 0 aliphatic heterocycles. The highest BCUT2D eigenvalue weighted by atomic mass is 16.4. The Labute approximate surface area is 82.1 Å². The van der Waals surface area contributed by atoms with Gasteiger partial charge in [0.05, 0.1) is 6.42 Å². The first-order valence-electron chi connectivity index (χ1n) is 4.43. The van der Waals surface area contributed by atoms with Crippen molar-refractivity contribution in [1.29, 1.82) is 0 Å². The number of nitrogens with two attached hydrogens (primary N) is 1. The average Bonchev–Trinajstić information content (AvgIpc) is 2.03. The molecule has 0 rings (SSSR count). The zero-order valence-corrected chi connectivity index (χ0v) is 8.06. The van der Waals surface area contributed by atoms with Gasteiger partial charge in [0.1, 0.15) is 12.3 Å². The molecule has 0 radical (unpaired) electrons. The fraction of sp³-hybridized carbons (Fsp3) is 0.750. The normalized spacial score (nSPS) is 14.5. The minimum absolute atomic E-state index is 0.323. The molecule has 0 saturated heterocycles. The van der Waals surface area contributed by atoms with Gasteiger partial charge in [0.25, 0.3) is 0 Å². The summed E-state index contributed by atoms with van der Waals surface area (Å²) in [6.07, 6.45) is -0.0789. The zero-order valence-electron chi connectivity index (χ0n) is 8.06. The van der Waals surface area contributed by atoms with E-state index in [4.69, 9.17) is 15.9 Å². The van der Waals surface area contributed by atoms with E-state index in [-0.39, 0.29) is 6.42 Å². The highest BCUT2D eigenvalue weighted by Gasteiger charge is 2.17. The summed E-state index contributed by atoms with van der Waals surface area (Å²) < 4.78 is 0. The topological polar surface area (TPSA) is 113 Å². The van der Waals surface area contributed by atoms with E-state index in [2.05, 4.69) is 5.32 Å². The van der Waals surface area contributed by atoms with E-state index in [1.807, 2.05) is 6.92 Å². The SMILES string of the molecule is CCCC(O)NC(=O)CC(N)C(=O)O. The molecule has 2 unspecified atom stereocenters. The molecule has 0 aromatic heterocycles. The predicted octanol–water partition coefficient (Wildman–Crippen LogP) is -0.977. The van der Waals surface area contributed by atoms with Crippen LogP contribution in [0.25, 0.3) is 0 Å². The summed E-state index contributed by atoms with van der Waals surface area (Å²) >= 11 is 0. The number of carbonyl (C=O) groups is 2. The van der Waals surface area contributed by atoms with Crippen molar-refractivity contribution in [2.75, 3.05) is 0 Å². The molecule has 0 heterocycles. The van der Waals surface area contributed by atoms with Gasteiger partial charge in [0.15, 0.2) is 0 Å². The van der Waals surface area contributed by atoms with Crippen molar-refractivity contribution < 1.29 is 19.8 Å². The third kappa shape index (κ3) is 5.50. The Bertz CT molecular complexity index is 208. The Morgan fingerprint density at radius 1 is 1.50 bits per heavy atom. The fourth-order valence-corrected chi connectivity index (χ4v) is 0.877. The molecule has 14 heavy (non-hydrogen) atoms. The van der Waals surface area contributed by atoms with Crippen molar-refractivity contribution in [1.82, 2.24) is 5.32 Å². The molecule has 2 atom stereocenters. The van der Waals surface area contributed by atoms with Gasteiger partial charge in [0, 0.05) is 0 Å². The van der Waals surface area contributed by atoms with Gasteiger partial charge < -0.3 is 21.3 Å². The summed E-state index contributed by atoms with van der Waals surface area (Å²) in [6.45, 7) is 1.86. The monoisotopic (exact) mass is 204 g/mol. The number of nitrogens with one attached hydrogen (secondary N) is 1. The Morgan fingerprint density at radius 2 is 2.07 bits per heavy atom. The molecule has 6 heteroatoms. The number of carbonyl (C=O) groups excluding carboxylic acids is 1. The van der Waals surface area contributed by atoms with Crippen molar-refractivity contribution in [3.8, 4) is 0 Å². The quantitative estimate of drug-likeness (QED) is 0.415. The zero-order chi connectivity index (χ0) is 11.1. The Kier molecular flexibility index (Phi) is 5.82. The molecule has 1 amide bonds. The van der Waals surface area contributed by atoms with E-state index in [0.29, 0.717) is 6.42 Å². The molecular formula is C8H16N2O4. The summed E-state index contributed by atoms with van der Waals surface area (Å²) in [4.78, 5) is 21.3. The maximum absolute atomic E-state index is 11.0. The van der Waals surface area contributed by atoms with Crippen molar-refractivity contribution in [2.24, 2.45) is 5.73 Å². The molecule has 0 spiro atoms. The summed E-state index contributed by atoms with van der Waals surface area (Å²) in [6, 6.07) is -1.22. The summed E-state index contributed by atoms with van der Waals surface area (Å²) in [5, 5.41) is 19.8. The second kappa shape index (κ2) is 6.33. The van der Waals surface area contributed by atoms with E-state index in [0.717, 1.165) is 6.42 Å². The molecule has 6 nitrogen and oxygen atoms in total. The molecule has 0 bridgehead atoms. The largest absolute Gasteiger partial charge is 0.480 e. The van der Waals surface area contributed by atoms with Gasteiger partial charge in [-0.05, 0) is 6.42 Å². The highest BCUT2D eigenvalue weighted by molar-refractivity contribution is 5.84. The van der Waals surface area contributed by atoms with Crippen LogP contribution in [0.5, 0.6) is 0 Å². The van der Waals surface area contributed by atoms with Crippen LogP contribution in [0.2, 0.25) is 0 Å². The number of hydrogen-bond donors (Lipinski definition) is 4. The second-order valence-corrected chi connectivity index (χ2v) is 3.02. The first-order chi connectivity index (χ1) is 6.47. The molecular weight excluding hydrogens is 188 g/mol. The smallest absolute Gasteiger partial charge is 0.321 e. The van der Waals surface area contributed by atoms with E-state index in [9.17, 15) is 9.59 Å². The Balaban J connectivity index is 3.80. The lowest BCUT2D eigenvalue weighted by atomic mass is 10.2. The van der Waals surface area contributed by atoms with Gasteiger partial charge in [-0.1, -0.05) is 13.3 Å². The van der Waals surface area contributed by atoms with Crippen molar-refractivity contribution in [3.05, 3.63) is 0 Å². The second-order valence-electron chi connectivity index (χ2n) is 3.02. The van der Waals surface area contributed by atoms with Gasteiger partial charge in [-0.3, -0.25) is 9.59 Å². The standard InChI is InChI=1S/C8H16N2O4/c1-2-3-6(11)10-7(12)4-5(9)8(13)14/h5-6,11H,2-4,9H2,1H3,(H,10,12)(H,13,14). The number of hydrogen-bond acceptors (Lipinski definition) is 4. The van der Waals surface area contributed by atoms with Crippen molar-refractivity contribution >= 4 is 11.9 Å². The number of aliphatic hydroxyl groups excluding tert-OH is 1. The van der Waals surface area contributed by atoms with E-state index < -0.39 is 24.1 Å². The number of aliphatic carboxylic acids is 1. The van der Waals surface area contributed by atoms with Crippen LogP contribution in [0, 0.1) is 0 Å².